The molecule has 0 unspecified atom stereocenters. The lowest BCUT2D eigenvalue weighted by Gasteiger charge is -2.12. The molecule has 0 atom stereocenters. The summed E-state index contributed by atoms with van der Waals surface area (Å²) in [6.07, 6.45) is 5.54. The van der Waals surface area contributed by atoms with Gasteiger partial charge in [0.2, 0.25) is 0 Å². The maximum Gasteiger partial charge on any atom is 0.410 e. The van der Waals surface area contributed by atoms with Crippen molar-refractivity contribution < 1.29 is 37.1 Å². The molecule has 9 nitrogen and oxygen atoms in total. The Morgan fingerprint density at radius 2 is 2.11 bits per heavy atom. The largest absolute Gasteiger partial charge is 0.872 e. The number of nitrogens with zero attached hydrogens (tertiary/aromatic N) is 1. The van der Waals surface area contributed by atoms with Gasteiger partial charge in [-0.05, 0) is 61.7 Å². The van der Waals surface area contributed by atoms with Crippen molar-refractivity contribution in [3.8, 4) is 16.7 Å². The van der Waals surface area contributed by atoms with Gasteiger partial charge >= 0.3 is 11.7 Å². The third kappa shape index (κ3) is 7.37. The van der Waals surface area contributed by atoms with Gasteiger partial charge in [-0.25, -0.2) is 19.0 Å². The Morgan fingerprint density at radius 1 is 1.33 bits per heavy atom. The molecular formula is C25H22FN2O7S-. The molecule has 0 aliphatic heterocycles. The van der Waals surface area contributed by atoms with Gasteiger partial charge in [0.15, 0.2) is 5.78 Å². The molecule has 0 radical (unpaired) electrons. The van der Waals surface area contributed by atoms with Crippen LogP contribution in [-0.4, -0.2) is 23.9 Å². The topological polar surface area (TPSA) is 131 Å². The molecular weight excluding hydrogens is 491 g/mol. The summed E-state index contributed by atoms with van der Waals surface area (Å²) in [6, 6.07) is 6.45. The Balaban J connectivity index is 1.57. The van der Waals surface area contributed by atoms with Crippen LogP contribution in [0, 0.1) is 5.82 Å². The first-order valence-corrected chi connectivity index (χ1v) is 11.3. The van der Waals surface area contributed by atoms with Crippen molar-refractivity contribution in [2.75, 3.05) is 7.04 Å². The van der Waals surface area contributed by atoms with Crippen LogP contribution in [0.5, 0.6) is 16.7 Å². The van der Waals surface area contributed by atoms with Gasteiger partial charge in [0.1, 0.15) is 17.3 Å². The molecule has 1 aromatic carbocycles. The van der Waals surface area contributed by atoms with E-state index in [0.717, 1.165) is 17.4 Å². The van der Waals surface area contributed by atoms with Crippen LogP contribution in [0.4, 0.5) is 9.18 Å². The second-order valence-corrected chi connectivity index (χ2v) is 8.33. The van der Waals surface area contributed by atoms with E-state index in [-0.39, 0.29) is 22.9 Å². The predicted octanol–water partition coefficient (Wildman–Crippen LogP) is 4.58. The zero-order valence-corrected chi connectivity index (χ0v) is 19.7. The van der Waals surface area contributed by atoms with Crippen LogP contribution in [0.3, 0.4) is 0 Å². The molecule has 0 aliphatic rings. The van der Waals surface area contributed by atoms with Crippen LogP contribution in [-0.2, 0) is 11.2 Å². The number of thiazole rings is 1. The fourth-order valence-corrected chi connectivity index (χ4v) is 3.73. The molecule has 2 heterocycles. The summed E-state index contributed by atoms with van der Waals surface area (Å²) in [7, 11) is -2.85. The first kappa shape index (κ1) is 22.2. The summed E-state index contributed by atoms with van der Waals surface area (Å²) in [4.78, 5) is 41.1. The van der Waals surface area contributed by atoms with Crippen molar-refractivity contribution in [1.29, 1.82) is 0 Å². The molecule has 0 saturated carbocycles. The van der Waals surface area contributed by atoms with E-state index in [4.69, 9.17) is 13.3 Å². The number of carbonyl (C=O) groups excluding carboxylic acids is 2. The zero-order valence-electron chi connectivity index (χ0n) is 21.9. The first-order chi connectivity index (χ1) is 18.4. The number of ketones is 1. The van der Waals surface area contributed by atoms with Crippen LogP contribution in [0.25, 0.3) is 6.08 Å². The predicted molar refractivity (Wildman–Crippen MR) is 129 cm³/mol. The number of nitrogens with one attached hydrogen (secondary N) is 1. The number of hydrogen-bond donors (Lipinski definition) is 1. The monoisotopic (exact) mass is 516 g/mol. The van der Waals surface area contributed by atoms with Crippen LogP contribution >= 0.6 is 11.3 Å². The number of aromatic nitrogens is 1. The summed E-state index contributed by atoms with van der Waals surface area (Å²) in [6.45, 7) is 1.45. The van der Waals surface area contributed by atoms with Gasteiger partial charge in [0.05, 0.1) is 21.6 Å². The number of allylic oxidation sites excluding steroid dienone is 2. The molecule has 36 heavy (non-hydrogen) atoms. The molecule has 3 rings (SSSR count). The Morgan fingerprint density at radius 3 is 2.83 bits per heavy atom. The number of unbranched alkanes of at least 4 members (excludes halogenated alkanes) is 1. The lowest BCUT2D eigenvalue weighted by molar-refractivity contribution is -0.269. The highest BCUT2D eigenvalue weighted by molar-refractivity contribution is 7.14. The Hall–Kier alpha value is -4.25. The van der Waals surface area contributed by atoms with E-state index in [1.54, 1.807) is 0 Å². The number of methoxy groups -OCH3 is 1. The number of hydrogen-bond acceptors (Lipinski definition) is 9. The maximum atomic E-state index is 13.0. The normalized spacial score (nSPS) is 13.1. The van der Waals surface area contributed by atoms with Crippen molar-refractivity contribution in [3.05, 3.63) is 86.8 Å². The molecule has 1 N–H and O–H groups in total. The van der Waals surface area contributed by atoms with E-state index in [1.807, 2.05) is 0 Å². The molecule has 0 bridgehead atoms. The Kier molecular flexibility index (Phi) is 7.69. The quantitative estimate of drug-likeness (QED) is 0.235. The SMILES string of the molecule is [2H]C([2H])([2H])OC(=O)N/C=C/CCCc1cc([O-])c(C(=O)C(C)=Cc2cnc(Oc3ccc(F)cc3)s2)c(=O)o1. The van der Waals surface area contributed by atoms with Crippen LogP contribution in [0.1, 0.15) is 44.9 Å². The number of aryl methyl sites for hydroxylation is 1. The molecule has 0 saturated heterocycles. The van der Waals surface area contributed by atoms with E-state index >= 15 is 0 Å². The van der Waals surface area contributed by atoms with Crippen LogP contribution in [0.2, 0.25) is 0 Å². The van der Waals surface area contributed by atoms with Gasteiger partial charge in [0.25, 0.3) is 5.19 Å². The van der Waals surface area contributed by atoms with Gasteiger partial charge < -0.3 is 19.0 Å². The molecule has 2 aromatic heterocycles. The highest BCUT2D eigenvalue weighted by atomic mass is 32.1. The number of benzene rings is 1. The minimum atomic E-state index is -2.85. The van der Waals surface area contributed by atoms with E-state index < -0.39 is 41.7 Å². The number of Topliss-reactive ketones (excluding diaryl/α,β-unsaturated/α-hetero) is 1. The van der Waals surface area contributed by atoms with Crippen molar-refractivity contribution in [2.24, 2.45) is 0 Å². The van der Waals surface area contributed by atoms with Gasteiger partial charge in [0, 0.05) is 18.8 Å². The smallest absolute Gasteiger partial charge is 0.410 e. The van der Waals surface area contributed by atoms with E-state index in [0.29, 0.717) is 23.5 Å². The Bertz CT molecular complexity index is 1450. The van der Waals surface area contributed by atoms with Gasteiger partial charge in [-0.1, -0.05) is 23.2 Å². The summed E-state index contributed by atoms with van der Waals surface area (Å²) < 4.78 is 48.3. The van der Waals surface area contributed by atoms with Gasteiger partial charge in [-0.15, -0.1) is 0 Å². The van der Waals surface area contributed by atoms with E-state index in [2.05, 4.69) is 15.0 Å². The molecule has 3 aromatic rings. The molecule has 11 heteroatoms. The number of alkyl carbamates (subject to hydrolysis) is 1. The second kappa shape index (κ2) is 12.5. The van der Waals surface area contributed by atoms with Crippen LogP contribution in [0.15, 0.2) is 63.6 Å². The lowest BCUT2D eigenvalue weighted by atomic mass is 10.0. The average Bonchev–Trinajstić information content (AvgIpc) is 3.27. The third-order valence-electron chi connectivity index (χ3n) is 4.64. The fourth-order valence-electron chi connectivity index (χ4n) is 2.94. The van der Waals surface area contributed by atoms with Crippen molar-refractivity contribution >= 4 is 29.3 Å². The number of ether oxygens (including phenoxy) is 2. The van der Waals surface area contributed by atoms with Gasteiger partial charge in [-0.3, -0.25) is 10.1 Å². The standard InChI is InChI=1S/C25H23FN2O7S/c1-15(12-19-14-28-25(36-19)35-17-9-7-16(26)8-10-17)22(30)21-20(29)13-18(34-23(21)31)6-4-3-5-11-27-24(32)33-2/h5,7-14,29H,3-4,6H2,1-2H3,(H,27,32)/p-1/b11-5+,15-12?/i2D3. The van der Waals surface area contributed by atoms with E-state index in [1.165, 1.54) is 55.7 Å². The highest BCUT2D eigenvalue weighted by Crippen LogP contribution is 2.28. The number of halogens is 1. The molecule has 0 fully saturated rings. The highest BCUT2D eigenvalue weighted by Gasteiger charge is 2.17. The molecule has 1 amide bonds. The summed E-state index contributed by atoms with van der Waals surface area (Å²) >= 11 is 1.11. The minimum absolute atomic E-state index is 0.0939. The van der Waals surface area contributed by atoms with Crippen molar-refractivity contribution in [2.45, 2.75) is 26.2 Å². The molecule has 0 aliphatic carbocycles. The summed E-state index contributed by atoms with van der Waals surface area (Å²) in [5.74, 6) is -1.49. The van der Waals surface area contributed by atoms with Crippen molar-refractivity contribution in [3.63, 3.8) is 0 Å². The zero-order chi connectivity index (χ0) is 28.6. The van der Waals surface area contributed by atoms with Crippen LogP contribution < -0.4 is 20.8 Å². The Labute approximate surface area is 213 Å². The average molecular weight is 517 g/mol. The molecule has 0 spiro atoms. The minimum Gasteiger partial charge on any atom is -0.872 e. The third-order valence-corrected chi connectivity index (χ3v) is 5.46. The van der Waals surface area contributed by atoms with Gasteiger partial charge in [-0.2, -0.15) is 0 Å². The molecule has 188 valence electrons. The number of carbonyl (C=O) groups is 2. The van der Waals surface area contributed by atoms with E-state index in [9.17, 15) is 23.9 Å². The lowest BCUT2D eigenvalue weighted by Crippen LogP contribution is -2.19. The summed E-state index contributed by atoms with van der Waals surface area (Å²) in [5.41, 5.74) is -1.56. The maximum absolute atomic E-state index is 13.0. The fraction of sp³-hybridized carbons (Fsp3) is 0.200. The first-order valence-electron chi connectivity index (χ1n) is 12.0. The number of rotatable bonds is 10. The summed E-state index contributed by atoms with van der Waals surface area (Å²) in [5, 5.41) is 14.9. The van der Waals surface area contributed by atoms with Crippen molar-refractivity contribution in [1.82, 2.24) is 10.3 Å². The number of amides is 1. The second-order valence-electron chi connectivity index (χ2n) is 7.31.